The number of rotatable bonds is 3. The molecular formula is C14H13Cl3N2. The van der Waals surface area contributed by atoms with E-state index in [0.29, 0.717) is 27.4 Å². The van der Waals surface area contributed by atoms with Crippen LogP contribution in [0.15, 0.2) is 18.2 Å². The van der Waals surface area contributed by atoms with Crippen LogP contribution in [0.2, 0.25) is 15.2 Å². The summed E-state index contributed by atoms with van der Waals surface area (Å²) >= 11 is 18.2. The molecule has 0 atom stereocenters. The Balaban J connectivity index is 2.35. The van der Waals surface area contributed by atoms with Gasteiger partial charge in [0.05, 0.1) is 0 Å². The third kappa shape index (κ3) is 3.38. The smallest absolute Gasteiger partial charge is 0.135 e. The lowest BCUT2D eigenvalue weighted by molar-refractivity contribution is 0.889. The molecule has 0 fully saturated rings. The zero-order valence-electron chi connectivity index (χ0n) is 10.7. The topological polar surface area (TPSA) is 25.8 Å². The SMILES string of the molecule is CCc1nc(Cc2ccc(Cl)cc2Cl)nc(Cl)c1C. The van der Waals surface area contributed by atoms with Gasteiger partial charge >= 0.3 is 0 Å². The third-order valence-corrected chi connectivity index (χ3v) is 3.89. The summed E-state index contributed by atoms with van der Waals surface area (Å²) in [5, 5.41) is 1.74. The predicted octanol–water partition coefficient (Wildman–Crippen LogP) is 4.90. The molecule has 0 unspecified atom stereocenters. The molecule has 1 aromatic carbocycles. The standard InChI is InChI=1S/C14H13Cl3N2/c1-3-12-8(2)14(17)19-13(18-12)6-9-4-5-10(15)7-11(9)16/h4-5,7H,3,6H2,1-2H3. The zero-order chi connectivity index (χ0) is 14.0. The van der Waals surface area contributed by atoms with Crippen LogP contribution in [0, 0.1) is 6.92 Å². The number of benzene rings is 1. The first-order valence-electron chi connectivity index (χ1n) is 5.97. The number of nitrogens with zero attached hydrogens (tertiary/aromatic N) is 2. The fraction of sp³-hybridized carbons (Fsp3) is 0.286. The molecule has 0 saturated heterocycles. The van der Waals surface area contributed by atoms with E-state index in [-0.39, 0.29) is 0 Å². The Bertz CT molecular complexity index is 612. The summed E-state index contributed by atoms with van der Waals surface area (Å²) in [6.45, 7) is 3.98. The Morgan fingerprint density at radius 3 is 2.47 bits per heavy atom. The van der Waals surface area contributed by atoms with Crippen LogP contribution in [0.3, 0.4) is 0 Å². The van der Waals surface area contributed by atoms with Gasteiger partial charge < -0.3 is 0 Å². The maximum Gasteiger partial charge on any atom is 0.135 e. The maximum absolute atomic E-state index is 6.15. The average Bonchev–Trinajstić information content (AvgIpc) is 2.37. The van der Waals surface area contributed by atoms with Crippen molar-refractivity contribution in [2.24, 2.45) is 0 Å². The highest BCUT2D eigenvalue weighted by atomic mass is 35.5. The molecule has 2 rings (SSSR count). The molecule has 0 saturated carbocycles. The minimum atomic E-state index is 0.506. The van der Waals surface area contributed by atoms with Crippen LogP contribution in [0.5, 0.6) is 0 Å². The molecule has 5 heteroatoms. The fourth-order valence-electron chi connectivity index (χ4n) is 1.84. The Hall–Kier alpha value is -0.830. The van der Waals surface area contributed by atoms with E-state index in [1.807, 2.05) is 19.9 Å². The van der Waals surface area contributed by atoms with Crippen LogP contribution in [0.25, 0.3) is 0 Å². The molecule has 2 nitrogen and oxygen atoms in total. The Morgan fingerprint density at radius 2 is 1.84 bits per heavy atom. The van der Waals surface area contributed by atoms with Gasteiger partial charge in [-0.1, -0.05) is 47.8 Å². The normalized spacial score (nSPS) is 10.8. The van der Waals surface area contributed by atoms with Crippen molar-refractivity contribution in [3.63, 3.8) is 0 Å². The predicted molar refractivity (Wildman–Crippen MR) is 80.4 cm³/mol. The number of aromatic nitrogens is 2. The van der Waals surface area contributed by atoms with Gasteiger partial charge in [-0.05, 0) is 31.0 Å². The second-order valence-electron chi connectivity index (χ2n) is 4.27. The molecule has 0 aliphatic heterocycles. The molecule has 0 bridgehead atoms. The quantitative estimate of drug-likeness (QED) is 0.753. The van der Waals surface area contributed by atoms with E-state index >= 15 is 0 Å². The van der Waals surface area contributed by atoms with Crippen LogP contribution in [-0.4, -0.2) is 9.97 Å². The minimum absolute atomic E-state index is 0.506. The van der Waals surface area contributed by atoms with Gasteiger partial charge in [0, 0.05) is 27.7 Å². The van der Waals surface area contributed by atoms with E-state index < -0.39 is 0 Å². The van der Waals surface area contributed by atoms with Crippen LogP contribution in [-0.2, 0) is 12.8 Å². The van der Waals surface area contributed by atoms with Crippen molar-refractivity contribution in [3.8, 4) is 0 Å². The average molecular weight is 316 g/mol. The van der Waals surface area contributed by atoms with Crippen molar-refractivity contribution in [1.82, 2.24) is 9.97 Å². The van der Waals surface area contributed by atoms with Gasteiger partial charge in [0.25, 0.3) is 0 Å². The monoisotopic (exact) mass is 314 g/mol. The van der Waals surface area contributed by atoms with E-state index in [1.54, 1.807) is 12.1 Å². The van der Waals surface area contributed by atoms with Crippen LogP contribution >= 0.6 is 34.8 Å². The highest BCUT2D eigenvalue weighted by Gasteiger charge is 2.10. The summed E-state index contributed by atoms with van der Waals surface area (Å²) in [7, 11) is 0. The van der Waals surface area contributed by atoms with Gasteiger partial charge in [-0.2, -0.15) is 0 Å². The summed E-state index contributed by atoms with van der Waals surface area (Å²) in [4.78, 5) is 8.83. The van der Waals surface area contributed by atoms with Crippen LogP contribution < -0.4 is 0 Å². The first-order valence-corrected chi connectivity index (χ1v) is 7.10. The molecule has 1 aromatic heterocycles. The molecule has 0 radical (unpaired) electrons. The van der Waals surface area contributed by atoms with Crippen LogP contribution in [0.4, 0.5) is 0 Å². The summed E-state index contributed by atoms with van der Waals surface area (Å²) in [5.41, 5.74) is 2.85. The fourth-order valence-corrected chi connectivity index (χ4v) is 2.52. The lowest BCUT2D eigenvalue weighted by atomic mass is 10.1. The Labute approximate surface area is 127 Å². The second kappa shape index (κ2) is 6.08. The summed E-state index contributed by atoms with van der Waals surface area (Å²) in [6.07, 6.45) is 1.37. The molecule has 19 heavy (non-hydrogen) atoms. The molecule has 100 valence electrons. The van der Waals surface area contributed by atoms with E-state index in [2.05, 4.69) is 9.97 Å². The maximum atomic E-state index is 6.15. The van der Waals surface area contributed by atoms with Crippen molar-refractivity contribution in [2.45, 2.75) is 26.7 Å². The number of aryl methyl sites for hydroxylation is 1. The van der Waals surface area contributed by atoms with E-state index in [0.717, 1.165) is 23.2 Å². The van der Waals surface area contributed by atoms with Crippen molar-refractivity contribution in [3.05, 3.63) is 56.0 Å². The number of hydrogen-bond donors (Lipinski definition) is 0. The second-order valence-corrected chi connectivity index (χ2v) is 5.47. The summed E-state index contributed by atoms with van der Waals surface area (Å²) < 4.78 is 0. The highest BCUT2D eigenvalue weighted by Crippen LogP contribution is 2.24. The molecule has 0 aliphatic rings. The van der Waals surface area contributed by atoms with Gasteiger partial charge in [-0.3, -0.25) is 0 Å². The van der Waals surface area contributed by atoms with Gasteiger partial charge in [-0.25, -0.2) is 9.97 Å². The first-order chi connectivity index (χ1) is 9.01. The molecule has 0 spiro atoms. The minimum Gasteiger partial charge on any atom is -0.237 e. The summed E-state index contributed by atoms with van der Waals surface area (Å²) in [6, 6.07) is 5.40. The van der Waals surface area contributed by atoms with Crippen molar-refractivity contribution < 1.29 is 0 Å². The van der Waals surface area contributed by atoms with Gasteiger partial charge in [0.2, 0.25) is 0 Å². The molecule has 0 amide bonds. The van der Waals surface area contributed by atoms with Gasteiger partial charge in [0.1, 0.15) is 11.0 Å². The van der Waals surface area contributed by atoms with Crippen molar-refractivity contribution >= 4 is 34.8 Å². The van der Waals surface area contributed by atoms with Gasteiger partial charge in [-0.15, -0.1) is 0 Å². The first kappa shape index (κ1) is 14.6. The molecule has 2 aromatic rings. The number of hydrogen-bond acceptors (Lipinski definition) is 2. The molecule has 1 heterocycles. The van der Waals surface area contributed by atoms with Crippen LogP contribution in [0.1, 0.15) is 29.6 Å². The lowest BCUT2D eigenvalue weighted by Gasteiger charge is -2.09. The van der Waals surface area contributed by atoms with E-state index in [9.17, 15) is 0 Å². The third-order valence-electron chi connectivity index (χ3n) is 2.93. The molecule has 0 N–H and O–H groups in total. The van der Waals surface area contributed by atoms with Crippen molar-refractivity contribution in [1.29, 1.82) is 0 Å². The largest absolute Gasteiger partial charge is 0.237 e. The Kier molecular flexibility index (Phi) is 4.67. The van der Waals surface area contributed by atoms with E-state index in [4.69, 9.17) is 34.8 Å². The molecule has 0 aliphatic carbocycles. The summed E-state index contributed by atoms with van der Waals surface area (Å²) in [5.74, 6) is 0.677. The van der Waals surface area contributed by atoms with Gasteiger partial charge in [0.15, 0.2) is 0 Å². The highest BCUT2D eigenvalue weighted by molar-refractivity contribution is 6.35. The lowest BCUT2D eigenvalue weighted by Crippen LogP contribution is -2.04. The van der Waals surface area contributed by atoms with Crippen molar-refractivity contribution in [2.75, 3.05) is 0 Å². The molecular weight excluding hydrogens is 303 g/mol. The Morgan fingerprint density at radius 1 is 1.11 bits per heavy atom. The number of halogens is 3. The van der Waals surface area contributed by atoms with E-state index in [1.165, 1.54) is 0 Å². The zero-order valence-corrected chi connectivity index (χ0v) is 12.9.